The molecule has 0 unspecified atom stereocenters. The minimum Gasteiger partial charge on any atom is -0.468 e. The van der Waals surface area contributed by atoms with Crippen molar-refractivity contribution in [1.29, 1.82) is 0 Å². The topological polar surface area (TPSA) is 59.3 Å². The predicted octanol–water partition coefficient (Wildman–Crippen LogP) is 2.14. The maximum absolute atomic E-state index is 11.9. The summed E-state index contributed by atoms with van der Waals surface area (Å²) in [5.74, 6) is 0.958. The first-order valence-corrected chi connectivity index (χ1v) is 7.38. The van der Waals surface area contributed by atoms with Crippen LogP contribution in [0.15, 0.2) is 22.8 Å². The second-order valence-corrected chi connectivity index (χ2v) is 7.98. The quantitative estimate of drug-likeness (QED) is 0.880. The van der Waals surface area contributed by atoms with E-state index in [-0.39, 0.29) is 11.8 Å². The number of nitrogens with one attached hydrogen (secondary N) is 1. The van der Waals surface area contributed by atoms with Gasteiger partial charge < -0.3 is 9.73 Å². The van der Waals surface area contributed by atoms with Gasteiger partial charge in [0, 0.05) is 6.54 Å². The highest BCUT2D eigenvalue weighted by Gasteiger charge is 2.28. The summed E-state index contributed by atoms with van der Waals surface area (Å²) in [6.07, 6.45) is 1.61. The van der Waals surface area contributed by atoms with E-state index in [9.17, 15) is 8.42 Å². The highest BCUT2D eigenvalue weighted by Crippen LogP contribution is 2.16. The molecule has 4 nitrogen and oxygen atoms in total. The van der Waals surface area contributed by atoms with Crippen LogP contribution < -0.4 is 5.32 Å². The summed E-state index contributed by atoms with van der Waals surface area (Å²) in [6, 6.07) is 3.72. The Morgan fingerprint density at radius 1 is 1.41 bits per heavy atom. The first-order chi connectivity index (χ1) is 7.74. The largest absolute Gasteiger partial charge is 0.468 e. The molecule has 5 heteroatoms. The predicted molar refractivity (Wildman–Crippen MR) is 68.7 cm³/mol. The number of furan rings is 1. The highest BCUT2D eigenvalue weighted by molar-refractivity contribution is 7.92. The molecule has 1 heterocycles. The van der Waals surface area contributed by atoms with E-state index in [1.54, 1.807) is 27.0 Å². The third-order valence-electron chi connectivity index (χ3n) is 2.72. The fourth-order valence-electron chi connectivity index (χ4n) is 1.35. The molecule has 17 heavy (non-hydrogen) atoms. The molecule has 0 aromatic carbocycles. The van der Waals surface area contributed by atoms with Crippen molar-refractivity contribution in [2.24, 2.45) is 0 Å². The summed E-state index contributed by atoms with van der Waals surface area (Å²) < 4.78 is 28.3. The Morgan fingerprint density at radius 3 is 2.53 bits per heavy atom. The zero-order valence-corrected chi connectivity index (χ0v) is 11.7. The Morgan fingerprint density at radius 2 is 2.06 bits per heavy atom. The fraction of sp³-hybridized carbons (Fsp3) is 0.667. The Kier molecular flexibility index (Phi) is 4.38. The molecule has 1 N–H and O–H groups in total. The number of rotatable bonds is 5. The zero-order valence-electron chi connectivity index (χ0n) is 10.9. The molecular weight excluding hydrogens is 238 g/mol. The molecule has 1 aromatic rings. The molecule has 0 aliphatic rings. The molecule has 1 aromatic heterocycles. The SMILES string of the molecule is C[C@H](NCCS(=O)(=O)C(C)(C)C)c1ccco1. The van der Waals surface area contributed by atoms with Gasteiger partial charge in [-0.3, -0.25) is 0 Å². The molecule has 0 aliphatic carbocycles. The van der Waals surface area contributed by atoms with Crippen molar-refractivity contribution in [3.63, 3.8) is 0 Å². The Labute approximate surface area is 103 Å². The van der Waals surface area contributed by atoms with Crippen LogP contribution in [0.4, 0.5) is 0 Å². The van der Waals surface area contributed by atoms with Crippen LogP contribution in [0.3, 0.4) is 0 Å². The summed E-state index contributed by atoms with van der Waals surface area (Å²) in [6.45, 7) is 7.54. The van der Waals surface area contributed by atoms with Crippen molar-refractivity contribution < 1.29 is 12.8 Å². The number of hydrogen-bond donors (Lipinski definition) is 1. The standard InChI is InChI=1S/C12H21NO3S/c1-10(11-6-5-8-16-11)13-7-9-17(14,15)12(2,3)4/h5-6,8,10,13H,7,9H2,1-4H3/t10-/m0/s1. The number of hydrogen-bond acceptors (Lipinski definition) is 4. The van der Waals surface area contributed by atoms with Gasteiger partial charge in [0.15, 0.2) is 9.84 Å². The normalized spacial score (nSPS) is 14.8. The van der Waals surface area contributed by atoms with Crippen molar-refractivity contribution in [3.05, 3.63) is 24.2 Å². The van der Waals surface area contributed by atoms with E-state index in [1.165, 1.54) is 0 Å². The zero-order chi connectivity index (χ0) is 13.1. The molecule has 0 spiro atoms. The van der Waals surface area contributed by atoms with Crippen LogP contribution >= 0.6 is 0 Å². The lowest BCUT2D eigenvalue weighted by Crippen LogP contribution is -2.35. The smallest absolute Gasteiger partial charge is 0.156 e. The Balaban J connectivity index is 2.44. The van der Waals surface area contributed by atoms with Gasteiger partial charge in [0.25, 0.3) is 0 Å². The molecule has 0 amide bonds. The molecule has 1 rings (SSSR count). The van der Waals surface area contributed by atoms with Gasteiger partial charge in [0.05, 0.1) is 22.8 Å². The second-order valence-electron chi connectivity index (χ2n) is 5.12. The van der Waals surface area contributed by atoms with Crippen LogP contribution in [0.1, 0.15) is 39.5 Å². The van der Waals surface area contributed by atoms with E-state index < -0.39 is 14.6 Å². The third kappa shape index (κ3) is 3.85. The van der Waals surface area contributed by atoms with Crippen LogP contribution in [-0.2, 0) is 9.84 Å². The average Bonchev–Trinajstić information content (AvgIpc) is 2.67. The van der Waals surface area contributed by atoms with Gasteiger partial charge in [-0.05, 0) is 39.8 Å². The van der Waals surface area contributed by atoms with E-state index in [2.05, 4.69) is 5.32 Å². The summed E-state index contributed by atoms with van der Waals surface area (Å²) in [7, 11) is -3.06. The van der Waals surface area contributed by atoms with Gasteiger partial charge in [0.1, 0.15) is 5.76 Å². The summed E-state index contributed by atoms with van der Waals surface area (Å²) in [4.78, 5) is 0. The monoisotopic (exact) mass is 259 g/mol. The van der Waals surface area contributed by atoms with Gasteiger partial charge in [-0.2, -0.15) is 0 Å². The minimum atomic E-state index is -3.06. The maximum atomic E-state index is 11.9. The molecule has 0 radical (unpaired) electrons. The molecule has 0 fully saturated rings. The van der Waals surface area contributed by atoms with Gasteiger partial charge in [0.2, 0.25) is 0 Å². The summed E-state index contributed by atoms with van der Waals surface area (Å²) in [5, 5.41) is 3.14. The fourth-order valence-corrected chi connectivity index (χ4v) is 2.35. The van der Waals surface area contributed by atoms with Gasteiger partial charge in [-0.1, -0.05) is 0 Å². The third-order valence-corrected chi connectivity index (χ3v) is 5.33. The van der Waals surface area contributed by atoms with Crippen LogP contribution in [0.2, 0.25) is 0 Å². The molecule has 0 bridgehead atoms. The lowest BCUT2D eigenvalue weighted by Gasteiger charge is -2.20. The molecule has 1 atom stereocenters. The van der Waals surface area contributed by atoms with Gasteiger partial charge in [-0.15, -0.1) is 0 Å². The van der Waals surface area contributed by atoms with Crippen molar-refractivity contribution in [2.75, 3.05) is 12.3 Å². The first-order valence-electron chi connectivity index (χ1n) is 5.73. The lowest BCUT2D eigenvalue weighted by molar-refractivity contribution is 0.436. The van der Waals surface area contributed by atoms with Crippen LogP contribution in [0.5, 0.6) is 0 Å². The summed E-state index contributed by atoms with van der Waals surface area (Å²) in [5.41, 5.74) is 0. The summed E-state index contributed by atoms with van der Waals surface area (Å²) >= 11 is 0. The molecule has 0 saturated heterocycles. The molecular formula is C12H21NO3S. The Hall–Kier alpha value is -0.810. The Bertz CT molecular complexity index is 429. The van der Waals surface area contributed by atoms with Crippen molar-refractivity contribution in [1.82, 2.24) is 5.32 Å². The van der Waals surface area contributed by atoms with Crippen molar-refractivity contribution >= 4 is 9.84 Å². The van der Waals surface area contributed by atoms with Crippen molar-refractivity contribution in [3.8, 4) is 0 Å². The van der Waals surface area contributed by atoms with Crippen LogP contribution in [0, 0.1) is 0 Å². The maximum Gasteiger partial charge on any atom is 0.156 e. The van der Waals surface area contributed by atoms with Crippen LogP contribution in [-0.4, -0.2) is 25.5 Å². The molecule has 0 aliphatic heterocycles. The lowest BCUT2D eigenvalue weighted by atomic mass is 10.2. The average molecular weight is 259 g/mol. The van der Waals surface area contributed by atoms with E-state index in [4.69, 9.17) is 4.42 Å². The van der Waals surface area contributed by atoms with Gasteiger partial charge in [-0.25, -0.2) is 8.42 Å². The van der Waals surface area contributed by atoms with Gasteiger partial charge >= 0.3 is 0 Å². The first kappa shape index (κ1) is 14.3. The van der Waals surface area contributed by atoms with E-state index in [0.717, 1.165) is 5.76 Å². The molecule has 0 saturated carbocycles. The highest BCUT2D eigenvalue weighted by atomic mass is 32.2. The van der Waals surface area contributed by atoms with E-state index in [0.29, 0.717) is 6.54 Å². The van der Waals surface area contributed by atoms with Crippen molar-refractivity contribution in [2.45, 2.75) is 38.5 Å². The number of sulfone groups is 1. The minimum absolute atomic E-state index is 0.0279. The van der Waals surface area contributed by atoms with E-state index >= 15 is 0 Å². The van der Waals surface area contributed by atoms with E-state index in [1.807, 2.05) is 19.1 Å². The van der Waals surface area contributed by atoms with Crippen LogP contribution in [0.25, 0.3) is 0 Å². The second kappa shape index (κ2) is 5.23. The molecule has 98 valence electrons.